The SMILES string of the molecule is C[C@@H]1CCCC[C@@H]1NC(=O)c1nn(-c2ccccc2)c(=O)c2ccccc12. The monoisotopic (exact) mass is 361 g/mol. The van der Waals surface area contributed by atoms with E-state index in [0.717, 1.165) is 19.3 Å². The summed E-state index contributed by atoms with van der Waals surface area (Å²) in [5.41, 5.74) is 0.722. The first-order chi connectivity index (χ1) is 13.1. The highest BCUT2D eigenvalue weighted by Crippen LogP contribution is 2.24. The molecule has 1 aromatic heterocycles. The van der Waals surface area contributed by atoms with Gasteiger partial charge in [0.05, 0.1) is 11.1 Å². The highest BCUT2D eigenvalue weighted by atomic mass is 16.2. The van der Waals surface area contributed by atoms with E-state index in [4.69, 9.17) is 0 Å². The van der Waals surface area contributed by atoms with Crippen LogP contribution in [0.5, 0.6) is 0 Å². The zero-order valence-corrected chi connectivity index (χ0v) is 15.4. The third-order valence-corrected chi connectivity index (χ3v) is 5.45. The number of amides is 1. The van der Waals surface area contributed by atoms with E-state index in [2.05, 4.69) is 17.3 Å². The molecule has 138 valence electrons. The Labute approximate surface area is 158 Å². The normalized spacial score (nSPS) is 19.7. The van der Waals surface area contributed by atoms with Crippen LogP contribution in [0, 0.1) is 5.92 Å². The van der Waals surface area contributed by atoms with Gasteiger partial charge in [0.15, 0.2) is 5.69 Å². The number of carbonyl (C=O) groups excluding carboxylic acids is 1. The summed E-state index contributed by atoms with van der Waals surface area (Å²) in [6, 6.07) is 16.5. The first-order valence-corrected chi connectivity index (χ1v) is 9.53. The summed E-state index contributed by atoms with van der Waals surface area (Å²) in [5, 5.41) is 8.70. The van der Waals surface area contributed by atoms with Crippen LogP contribution in [-0.4, -0.2) is 21.7 Å². The van der Waals surface area contributed by atoms with Crippen LogP contribution in [0.1, 0.15) is 43.1 Å². The number of carbonyl (C=O) groups is 1. The Morgan fingerprint density at radius 3 is 2.41 bits per heavy atom. The molecular weight excluding hydrogens is 338 g/mol. The smallest absolute Gasteiger partial charge is 0.279 e. The van der Waals surface area contributed by atoms with Gasteiger partial charge in [-0.25, -0.2) is 0 Å². The van der Waals surface area contributed by atoms with Crippen molar-refractivity contribution in [3.05, 3.63) is 70.6 Å². The molecular formula is C22H23N3O2. The largest absolute Gasteiger partial charge is 0.348 e. The molecule has 1 fully saturated rings. The molecule has 4 rings (SSSR count). The fraction of sp³-hybridized carbons (Fsp3) is 0.318. The Kier molecular flexibility index (Phi) is 4.75. The Hall–Kier alpha value is -2.95. The summed E-state index contributed by atoms with van der Waals surface area (Å²) in [6.45, 7) is 2.18. The van der Waals surface area contributed by atoms with Crippen molar-refractivity contribution in [3.8, 4) is 5.69 Å². The van der Waals surface area contributed by atoms with Gasteiger partial charge in [-0.2, -0.15) is 9.78 Å². The maximum absolute atomic E-state index is 13.1. The molecule has 1 aliphatic carbocycles. The van der Waals surface area contributed by atoms with Crippen molar-refractivity contribution in [3.63, 3.8) is 0 Å². The van der Waals surface area contributed by atoms with Gasteiger partial charge in [-0.1, -0.05) is 56.2 Å². The van der Waals surface area contributed by atoms with Crippen LogP contribution in [0.15, 0.2) is 59.4 Å². The zero-order chi connectivity index (χ0) is 18.8. The van der Waals surface area contributed by atoms with Crippen LogP contribution in [0.25, 0.3) is 16.5 Å². The van der Waals surface area contributed by atoms with Gasteiger partial charge in [-0.15, -0.1) is 0 Å². The maximum atomic E-state index is 13.1. The quantitative estimate of drug-likeness (QED) is 0.774. The second kappa shape index (κ2) is 7.35. The minimum atomic E-state index is -0.223. The summed E-state index contributed by atoms with van der Waals surface area (Å²) in [4.78, 5) is 26.0. The predicted octanol–water partition coefficient (Wildman–Crippen LogP) is 3.69. The molecule has 27 heavy (non-hydrogen) atoms. The lowest BCUT2D eigenvalue weighted by molar-refractivity contribution is 0.0905. The number of nitrogens with one attached hydrogen (secondary N) is 1. The van der Waals surface area contributed by atoms with E-state index in [1.54, 1.807) is 12.1 Å². The number of nitrogens with zero attached hydrogens (tertiary/aromatic N) is 2. The van der Waals surface area contributed by atoms with E-state index < -0.39 is 0 Å². The molecule has 2 aromatic carbocycles. The van der Waals surface area contributed by atoms with Gasteiger partial charge in [0.25, 0.3) is 11.5 Å². The van der Waals surface area contributed by atoms with Crippen molar-refractivity contribution < 1.29 is 4.79 Å². The zero-order valence-electron chi connectivity index (χ0n) is 15.4. The highest BCUT2D eigenvalue weighted by molar-refractivity contribution is 6.05. The van der Waals surface area contributed by atoms with E-state index >= 15 is 0 Å². The minimum absolute atomic E-state index is 0.156. The summed E-state index contributed by atoms with van der Waals surface area (Å²) < 4.78 is 1.32. The second-order valence-corrected chi connectivity index (χ2v) is 7.29. The first-order valence-electron chi connectivity index (χ1n) is 9.53. The van der Waals surface area contributed by atoms with E-state index in [1.807, 2.05) is 42.5 Å². The summed E-state index contributed by atoms with van der Waals surface area (Å²) in [5.74, 6) is 0.239. The maximum Gasteiger partial charge on any atom is 0.279 e. The van der Waals surface area contributed by atoms with Crippen molar-refractivity contribution >= 4 is 16.7 Å². The Bertz CT molecular complexity index is 1030. The molecule has 0 bridgehead atoms. The van der Waals surface area contributed by atoms with E-state index in [0.29, 0.717) is 28.1 Å². The topological polar surface area (TPSA) is 64.0 Å². The van der Waals surface area contributed by atoms with Crippen LogP contribution in [0.4, 0.5) is 0 Å². The van der Waals surface area contributed by atoms with Crippen LogP contribution < -0.4 is 10.9 Å². The number of fused-ring (bicyclic) bond motifs is 1. The summed E-state index contributed by atoms with van der Waals surface area (Å²) >= 11 is 0. The van der Waals surface area contributed by atoms with Crippen LogP contribution in [0.2, 0.25) is 0 Å². The molecule has 1 heterocycles. The van der Waals surface area contributed by atoms with Gasteiger partial charge >= 0.3 is 0 Å². The Morgan fingerprint density at radius 1 is 1.00 bits per heavy atom. The van der Waals surface area contributed by atoms with Gasteiger partial charge in [-0.3, -0.25) is 9.59 Å². The molecule has 1 aliphatic rings. The first kappa shape index (κ1) is 17.5. The summed E-state index contributed by atoms with van der Waals surface area (Å²) in [7, 11) is 0. The number of rotatable bonds is 3. The molecule has 1 amide bonds. The van der Waals surface area contributed by atoms with E-state index in [9.17, 15) is 9.59 Å². The molecule has 0 unspecified atom stereocenters. The molecule has 3 aromatic rings. The molecule has 0 aliphatic heterocycles. The van der Waals surface area contributed by atoms with Gasteiger partial charge in [-0.05, 0) is 37.0 Å². The van der Waals surface area contributed by atoms with Crippen LogP contribution >= 0.6 is 0 Å². The van der Waals surface area contributed by atoms with Crippen LogP contribution in [-0.2, 0) is 0 Å². The Morgan fingerprint density at radius 2 is 1.67 bits per heavy atom. The molecule has 2 atom stereocenters. The van der Waals surface area contributed by atoms with Gasteiger partial charge in [0.1, 0.15) is 0 Å². The van der Waals surface area contributed by atoms with Crippen molar-refractivity contribution in [1.82, 2.24) is 15.1 Å². The second-order valence-electron chi connectivity index (χ2n) is 7.29. The van der Waals surface area contributed by atoms with Crippen molar-refractivity contribution in [2.24, 2.45) is 5.92 Å². The fourth-order valence-corrected chi connectivity index (χ4v) is 3.87. The Balaban J connectivity index is 1.81. The minimum Gasteiger partial charge on any atom is -0.348 e. The van der Waals surface area contributed by atoms with E-state index in [-0.39, 0.29) is 17.5 Å². The van der Waals surface area contributed by atoms with Crippen molar-refractivity contribution in [2.45, 2.75) is 38.6 Å². The number of hydrogen-bond acceptors (Lipinski definition) is 3. The molecule has 1 saturated carbocycles. The molecule has 1 N–H and O–H groups in total. The van der Waals surface area contributed by atoms with Gasteiger partial charge < -0.3 is 5.32 Å². The standard InChI is InChI=1S/C22H23N3O2/c1-15-9-5-8-14-19(15)23-21(26)20-17-12-6-7-13-18(17)22(27)25(24-20)16-10-3-2-4-11-16/h2-4,6-7,10-13,15,19H,5,8-9,14H2,1H3,(H,23,26)/t15-,19+/m1/s1. The van der Waals surface area contributed by atoms with Crippen molar-refractivity contribution in [2.75, 3.05) is 0 Å². The predicted molar refractivity (Wildman–Crippen MR) is 106 cm³/mol. The highest BCUT2D eigenvalue weighted by Gasteiger charge is 2.25. The third kappa shape index (κ3) is 3.37. The van der Waals surface area contributed by atoms with E-state index in [1.165, 1.54) is 11.1 Å². The molecule has 0 spiro atoms. The van der Waals surface area contributed by atoms with Crippen molar-refractivity contribution in [1.29, 1.82) is 0 Å². The molecule has 5 heteroatoms. The van der Waals surface area contributed by atoms with Gasteiger partial charge in [0, 0.05) is 11.4 Å². The lowest BCUT2D eigenvalue weighted by Crippen LogP contribution is -2.42. The molecule has 5 nitrogen and oxygen atoms in total. The van der Waals surface area contributed by atoms with Gasteiger partial charge in [0.2, 0.25) is 0 Å². The summed E-state index contributed by atoms with van der Waals surface area (Å²) in [6.07, 6.45) is 4.46. The average Bonchev–Trinajstić information content (AvgIpc) is 2.71. The number of benzene rings is 2. The lowest BCUT2D eigenvalue weighted by atomic mass is 9.86. The van der Waals surface area contributed by atoms with Crippen LogP contribution in [0.3, 0.4) is 0 Å². The number of hydrogen-bond donors (Lipinski definition) is 1. The fourth-order valence-electron chi connectivity index (χ4n) is 3.87. The lowest BCUT2D eigenvalue weighted by Gasteiger charge is -2.29. The number of para-hydroxylation sites is 1. The molecule has 0 saturated heterocycles. The number of aromatic nitrogens is 2. The third-order valence-electron chi connectivity index (χ3n) is 5.45. The average molecular weight is 361 g/mol. The molecule has 0 radical (unpaired) electrons.